The van der Waals surface area contributed by atoms with Crippen molar-refractivity contribution >= 4 is 28.9 Å². The lowest BCUT2D eigenvalue weighted by atomic mass is 10.2. The van der Waals surface area contributed by atoms with Gasteiger partial charge in [0.15, 0.2) is 0 Å². The third-order valence-corrected chi connectivity index (χ3v) is 4.69. The van der Waals surface area contributed by atoms with E-state index in [4.69, 9.17) is 0 Å². The van der Waals surface area contributed by atoms with Crippen LogP contribution in [-0.4, -0.2) is 29.0 Å². The third kappa shape index (κ3) is 4.48. The molecule has 1 aliphatic rings. The molecule has 148 valence electrons. The first kappa shape index (κ1) is 18.8. The molecular weight excluding hydrogens is 376 g/mol. The quantitative estimate of drug-likeness (QED) is 0.672. The molecule has 1 aromatic heterocycles. The minimum absolute atomic E-state index is 0.114. The number of halogens is 2. The van der Waals surface area contributed by atoms with Crippen LogP contribution in [0.25, 0.3) is 0 Å². The zero-order valence-corrected chi connectivity index (χ0v) is 15.5. The highest BCUT2D eigenvalue weighted by Crippen LogP contribution is 2.23. The molecule has 1 amide bonds. The molecule has 1 fully saturated rings. The van der Waals surface area contributed by atoms with Crippen LogP contribution in [-0.2, 0) is 0 Å². The molecule has 0 spiro atoms. The average Bonchev–Trinajstić information content (AvgIpc) is 3.26. The Bertz CT molecular complexity index is 1000. The Labute approximate surface area is 166 Å². The van der Waals surface area contributed by atoms with E-state index in [0.29, 0.717) is 12.0 Å². The molecule has 1 saturated heterocycles. The van der Waals surface area contributed by atoms with E-state index in [9.17, 15) is 13.6 Å². The molecule has 0 radical (unpaired) electrons. The van der Waals surface area contributed by atoms with Gasteiger partial charge in [-0.1, -0.05) is 0 Å². The fourth-order valence-corrected chi connectivity index (χ4v) is 3.16. The number of rotatable bonds is 5. The van der Waals surface area contributed by atoms with Gasteiger partial charge >= 0.3 is 0 Å². The van der Waals surface area contributed by atoms with E-state index in [1.807, 2.05) is 24.3 Å². The van der Waals surface area contributed by atoms with E-state index in [-0.39, 0.29) is 11.3 Å². The molecule has 2 heterocycles. The van der Waals surface area contributed by atoms with Gasteiger partial charge in [-0.15, -0.1) is 0 Å². The van der Waals surface area contributed by atoms with E-state index < -0.39 is 17.5 Å². The largest absolute Gasteiger partial charge is 0.372 e. The molecule has 3 aromatic rings. The molecule has 0 bridgehead atoms. The molecule has 6 nitrogen and oxygen atoms in total. The number of nitrogens with zero attached hydrogens (tertiary/aromatic N) is 3. The molecule has 0 aliphatic carbocycles. The maximum Gasteiger partial charge on any atom is 0.258 e. The zero-order valence-electron chi connectivity index (χ0n) is 15.5. The summed E-state index contributed by atoms with van der Waals surface area (Å²) in [4.78, 5) is 22.8. The van der Waals surface area contributed by atoms with Crippen molar-refractivity contribution in [1.29, 1.82) is 0 Å². The first-order chi connectivity index (χ1) is 14.1. The molecule has 0 saturated carbocycles. The van der Waals surface area contributed by atoms with E-state index in [2.05, 4.69) is 25.5 Å². The smallest absolute Gasteiger partial charge is 0.258 e. The maximum atomic E-state index is 13.7. The standard InChI is InChI=1S/C21H19F2N5O/c22-15-3-8-19(18(23)11-15)27-20(29)14-12-24-21(25-13-14)26-16-4-6-17(7-5-16)28-9-1-2-10-28/h3-8,11-13H,1-2,9-10H2,(H,27,29)(H,24,25,26). The lowest BCUT2D eigenvalue weighted by molar-refractivity contribution is 0.102. The van der Waals surface area contributed by atoms with Crippen molar-refractivity contribution in [3.63, 3.8) is 0 Å². The third-order valence-electron chi connectivity index (χ3n) is 4.69. The van der Waals surface area contributed by atoms with Crippen LogP contribution in [0, 0.1) is 11.6 Å². The van der Waals surface area contributed by atoms with Gasteiger partial charge in [0.05, 0.1) is 11.3 Å². The maximum absolute atomic E-state index is 13.7. The molecule has 1 aliphatic heterocycles. The van der Waals surface area contributed by atoms with Crippen LogP contribution in [0.5, 0.6) is 0 Å². The molecule has 2 N–H and O–H groups in total. The van der Waals surface area contributed by atoms with E-state index >= 15 is 0 Å². The van der Waals surface area contributed by atoms with Crippen molar-refractivity contribution in [2.75, 3.05) is 28.6 Å². The highest BCUT2D eigenvalue weighted by Gasteiger charge is 2.13. The lowest BCUT2D eigenvalue weighted by Crippen LogP contribution is -2.17. The van der Waals surface area contributed by atoms with Crippen molar-refractivity contribution in [1.82, 2.24) is 9.97 Å². The summed E-state index contributed by atoms with van der Waals surface area (Å²) in [7, 11) is 0. The van der Waals surface area contributed by atoms with Crippen LogP contribution in [0.15, 0.2) is 54.9 Å². The van der Waals surface area contributed by atoms with E-state index in [0.717, 1.165) is 30.9 Å². The number of benzene rings is 2. The summed E-state index contributed by atoms with van der Waals surface area (Å²) < 4.78 is 26.6. The highest BCUT2D eigenvalue weighted by atomic mass is 19.1. The molecule has 0 atom stereocenters. The number of carbonyl (C=O) groups excluding carboxylic acids is 1. The summed E-state index contributed by atoms with van der Waals surface area (Å²) in [6.45, 7) is 2.17. The summed E-state index contributed by atoms with van der Waals surface area (Å²) >= 11 is 0. The number of hydrogen-bond donors (Lipinski definition) is 2. The molecule has 8 heteroatoms. The fourth-order valence-electron chi connectivity index (χ4n) is 3.16. The predicted molar refractivity (Wildman–Crippen MR) is 108 cm³/mol. The van der Waals surface area contributed by atoms with Crippen LogP contribution < -0.4 is 15.5 Å². The van der Waals surface area contributed by atoms with Gasteiger partial charge in [-0.05, 0) is 49.2 Å². The fraction of sp³-hybridized carbons (Fsp3) is 0.190. The highest BCUT2D eigenvalue weighted by molar-refractivity contribution is 6.03. The summed E-state index contributed by atoms with van der Waals surface area (Å²) in [5.74, 6) is -1.82. The summed E-state index contributed by atoms with van der Waals surface area (Å²) in [6.07, 6.45) is 5.12. The van der Waals surface area contributed by atoms with Crippen molar-refractivity contribution in [3.8, 4) is 0 Å². The van der Waals surface area contributed by atoms with Crippen LogP contribution in [0.3, 0.4) is 0 Å². The number of nitrogens with one attached hydrogen (secondary N) is 2. The lowest BCUT2D eigenvalue weighted by Gasteiger charge is -2.17. The number of hydrogen-bond acceptors (Lipinski definition) is 5. The molecule has 29 heavy (non-hydrogen) atoms. The topological polar surface area (TPSA) is 70.2 Å². The van der Waals surface area contributed by atoms with E-state index in [1.54, 1.807) is 0 Å². The summed E-state index contributed by atoms with van der Waals surface area (Å²) in [5, 5.41) is 5.45. The number of aromatic nitrogens is 2. The van der Waals surface area contributed by atoms with Gasteiger partial charge in [0, 0.05) is 42.9 Å². The second-order valence-electron chi connectivity index (χ2n) is 6.74. The Morgan fingerprint density at radius 2 is 1.66 bits per heavy atom. The van der Waals surface area contributed by atoms with Gasteiger partial charge in [0.2, 0.25) is 5.95 Å². The molecule has 0 unspecified atom stereocenters. The SMILES string of the molecule is O=C(Nc1ccc(F)cc1F)c1cnc(Nc2ccc(N3CCCC3)cc2)nc1. The second-order valence-corrected chi connectivity index (χ2v) is 6.74. The van der Waals surface area contributed by atoms with Gasteiger partial charge in [0.1, 0.15) is 11.6 Å². The average molecular weight is 395 g/mol. The number of amides is 1. The van der Waals surface area contributed by atoms with Crippen molar-refractivity contribution in [2.45, 2.75) is 12.8 Å². The van der Waals surface area contributed by atoms with E-state index in [1.165, 1.54) is 30.9 Å². The van der Waals surface area contributed by atoms with Crippen molar-refractivity contribution in [2.24, 2.45) is 0 Å². The van der Waals surface area contributed by atoms with Crippen LogP contribution >= 0.6 is 0 Å². The van der Waals surface area contributed by atoms with Crippen LogP contribution in [0.2, 0.25) is 0 Å². The molecular formula is C21H19F2N5O. The number of anilines is 4. The Morgan fingerprint density at radius 3 is 2.31 bits per heavy atom. The van der Waals surface area contributed by atoms with Crippen molar-refractivity contribution in [3.05, 3.63) is 72.1 Å². The first-order valence-electron chi connectivity index (χ1n) is 9.29. The Balaban J connectivity index is 1.39. The Hall–Kier alpha value is -3.55. The Kier molecular flexibility index (Phi) is 5.33. The molecule has 2 aromatic carbocycles. The summed E-state index contributed by atoms with van der Waals surface area (Å²) in [6, 6.07) is 10.9. The Morgan fingerprint density at radius 1 is 0.966 bits per heavy atom. The first-order valence-corrected chi connectivity index (χ1v) is 9.29. The second kappa shape index (κ2) is 8.22. The van der Waals surface area contributed by atoms with Gasteiger partial charge in [-0.25, -0.2) is 18.7 Å². The van der Waals surface area contributed by atoms with Gasteiger partial charge < -0.3 is 15.5 Å². The predicted octanol–water partition coefficient (Wildman–Crippen LogP) is 4.35. The monoisotopic (exact) mass is 395 g/mol. The van der Waals surface area contributed by atoms with Gasteiger partial charge in [0.25, 0.3) is 5.91 Å². The van der Waals surface area contributed by atoms with Crippen LogP contribution in [0.1, 0.15) is 23.2 Å². The normalized spacial score (nSPS) is 13.4. The van der Waals surface area contributed by atoms with Gasteiger partial charge in [-0.3, -0.25) is 4.79 Å². The van der Waals surface area contributed by atoms with Crippen molar-refractivity contribution < 1.29 is 13.6 Å². The van der Waals surface area contributed by atoms with Crippen LogP contribution in [0.4, 0.5) is 31.8 Å². The molecule has 4 rings (SSSR count). The number of carbonyl (C=O) groups is 1. The summed E-state index contributed by atoms with van der Waals surface area (Å²) in [5.41, 5.74) is 2.06. The van der Waals surface area contributed by atoms with Gasteiger partial charge in [-0.2, -0.15) is 0 Å². The minimum atomic E-state index is -0.852. The zero-order chi connectivity index (χ0) is 20.2. The minimum Gasteiger partial charge on any atom is -0.372 e.